The van der Waals surface area contributed by atoms with Crippen LogP contribution < -0.4 is 4.90 Å². The fourth-order valence-corrected chi connectivity index (χ4v) is 8.98. The fourth-order valence-electron chi connectivity index (χ4n) is 8.98. The molecule has 56 heavy (non-hydrogen) atoms. The van der Waals surface area contributed by atoms with Crippen LogP contribution in [0.3, 0.4) is 0 Å². The number of phenols is 1. The highest BCUT2D eigenvalue weighted by Gasteiger charge is 2.76. The van der Waals surface area contributed by atoms with E-state index in [0.717, 1.165) is 36.2 Å². The van der Waals surface area contributed by atoms with Crippen molar-refractivity contribution in [2.24, 2.45) is 5.92 Å². The molecule has 4 aromatic rings. The van der Waals surface area contributed by atoms with E-state index in [1.165, 1.54) is 19.2 Å². The van der Waals surface area contributed by atoms with Crippen LogP contribution in [-0.4, -0.2) is 65.4 Å². The molecule has 0 unspecified atom stereocenters. The zero-order chi connectivity index (χ0) is 39.0. The number of fused-ring (bicyclic) bond motifs is 3. The highest BCUT2D eigenvalue weighted by atomic mass is 16.6. The minimum atomic E-state index is -2.11. The van der Waals surface area contributed by atoms with Crippen LogP contribution in [0.4, 0.5) is 10.5 Å². The summed E-state index contributed by atoms with van der Waals surface area (Å²) in [4.78, 5) is 61.0. The molecule has 3 aliphatic heterocycles. The van der Waals surface area contributed by atoms with Crippen LogP contribution in [0.1, 0.15) is 71.7 Å². The molecule has 0 bridgehead atoms. The first-order valence-electron chi connectivity index (χ1n) is 18.7. The molecule has 2 fully saturated rings. The predicted octanol–water partition coefficient (Wildman–Crippen LogP) is 6.78. The Hall–Kier alpha value is -6.22. The number of imide groups is 1. The van der Waals surface area contributed by atoms with Crippen LogP contribution >= 0.6 is 0 Å². The Labute approximate surface area is 324 Å². The molecular weight excluding hydrogens is 712 g/mol. The van der Waals surface area contributed by atoms with Crippen molar-refractivity contribution in [2.75, 3.05) is 25.2 Å². The number of phenolic OH excluding ortho intramolecular Hbond substituents is 1. The van der Waals surface area contributed by atoms with Crippen LogP contribution in [0.2, 0.25) is 0 Å². The van der Waals surface area contributed by atoms with Crippen molar-refractivity contribution >= 4 is 29.6 Å². The fraction of sp³-hybridized carbons (Fsp3) is 0.289. The maximum atomic E-state index is 15.6. The number of carboxylic acid groups (broad SMARTS) is 1. The number of rotatable bonds is 7. The number of hydrogen-bond donors (Lipinski definition) is 2. The Morgan fingerprint density at radius 2 is 1.57 bits per heavy atom. The van der Waals surface area contributed by atoms with Crippen LogP contribution in [0.25, 0.3) is 0 Å². The number of benzene rings is 4. The monoisotopic (exact) mass is 752 g/mol. The zero-order valence-corrected chi connectivity index (χ0v) is 30.7. The number of cyclic esters (lactones) is 1. The molecule has 4 aromatic carbocycles. The van der Waals surface area contributed by atoms with Crippen LogP contribution in [-0.2, 0) is 34.0 Å². The third-order valence-electron chi connectivity index (χ3n) is 11.3. The topological polar surface area (TPSA) is 143 Å². The van der Waals surface area contributed by atoms with E-state index in [0.29, 0.717) is 22.3 Å². The van der Waals surface area contributed by atoms with Crippen molar-refractivity contribution in [3.8, 4) is 17.6 Å². The number of allylic oxidation sites excluding steroid dienone is 2. The number of hydrogen-bond acceptors (Lipinski definition) is 9. The number of carboxylic acids is 1. The zero-order valence-electron chi connectivity index (χ0n) is 30.7. The average molecular weight is 753 g/mol. The lowest BCUT2D eigenvalue weighted by Gasteiger charge is -2.46. The van der Waals surface area contributed by atoms with E-state index in [1.807, 2.05) is 60.7 Å². The van der Waals surface area contributed by atoms with Gasteiger partial charge in [-0.1, -0.05) is 90.7 Å². The average Bonchev–Trinajstić information content (AvgIpc) is 3.68. The first-order chi connectivity index (χ1) is 27.2. The van der Waals surface area contributed by atoms with Gasteiger partial charge >= 0.3 is 18.0 Å². The summed E-state index contributed by atoms with van der Waals surface area (Å²) in [6.45, 7) is -0.106. The molecule has 284 valence electrons. The van der Waals surface area contributed by atoms with E-state index in [-0.39, 0.29) is 30.2 Å². The van der Waals surface area contributed by atoms with E-state index in [9.17, 15) is 24.6 Å². The highest BCUT2D eigenvalue weighted by molar-refractivity contribution is 6.23. The Bertz CT molecular complexity index is 2260. The molecule has 0 saturated carbocycles. The van der Waals surface area contributed by atoms with E-state index in [4.69, 9.17) is 14.2 Å². The summed E-state index contributed by atoms with van der Waals surface area (Å²) in [6.07, 6.45) is 4.07. The minimum absolute atomic E-state index is 0.0527. The number of esters is 1. The Balaban J connectivity index is 1.42. The minimum Gasteiger partial charge on any atom is -0.508 e. The number of morpholine rings is 1. The van der Waals surface area contributed by atoms with Gasteiger partial charge in [-0.2, -0.15) is 0 Å². The Kier molecular flexibility index (Phi) is 9.93. The number of anilines is 1. The van der Waals surface area contributed by atoms with Crippen molar-refractivity contribution in [2.45, 2.75) is 55.3 Å². The van der Waals surface area contributed by atoms with Gasteiger partial charge in [-0.25, -0.2) is 9.69 Å². The van der Waals surface area contributed by atoms with Crippen molar-refractivity contribution < 1.29 is 43.6 Å². The lowest BCUT2D eigenvalue weighted by Crippen LogP contribution is -2.53. The van der Waals surface area contributed by atoms with Gasteiger partial charge in [0.15, 0.2) is 0 Å². The number of carbonyl (C=O) groups is 4. The molecule has 11 heteroatoms. The van der Waals surface area contributed by atoms with Gasteiger partial charge in [-0.3, -0.25) is 19.3 Å². The molecular formula is C45H40N2O9. The van der Waals surface area contributed by atoms with Crippen LogP contribution in [0.5, 0.6) is 5.75 Å². The summed E-state index contributed by atoms with van der Waals surface area (Å²) in [5.41, 5.74) is 1.55. The molecule has 0 radical (unpaired) electrons. The van der Waals surface area contributed by atoms with Gasteiger partial charge in [0.25, 0.3) is 0 Å². The smallest absolute Gasteiger partial charge is 0.421 e. The summed E-state index contributed by atoms with van der Waals surface area (Å²) in [5, 5.41) is 21.9. The van der Waals surface area contributed by atoms with Crippen LogP contribution in [0, 0.1) is 17.8 Å². The van der Waals surface area contributed by atoms with Crippen molar-refractivity contribution in [3.05, 3.63) is 143 Å². The Morgan fingerprint density at radius 1 is 0.857 bits per heavy atom. The molecule has 2 saturated heterocycles. The second-order valence-corrected chi connectivity index (χ2v) is 14.4. The number of aromatic hydroxyl groups is 1. The summed E-state index contributed by atoms with van der Waals surface area (Å²) >= 11 is 0. The number of nitrogens with zero attached hydrogens (tertiary/aromatic N) is 2. The summed E-state index contributed by atoms with van der Waals surface area (Å²) in [7, 11) is 1.45. The maximum absolute atomic E-state index is 15.6. The van der Waals surface area contributed by atoms with Crippen molar-refractivity contribution in [1.29, 1.82) is 0 Å². The third kappa shape index (κ3) is 6.11. The summed E-state index contributed by atoms with van der Waals surface area (Å²) in [5.74, 6) is 1.55. The molecule has 3 heterocycles. The largest absolute Gasteiger partial charge is 0.508 e. The van der Waals surface area contributed by atoms with Crippen molar-refractivity contribution in [1.82, 2.24) is 4.90 Å². The van der Waals surface area contributed by atoms with Gasteiger partial charge in [0.1, 0.15) is 35.8 Å². The molecule has 1 aliphatic carbocycles. The summed E-state index contributed by atoms with van der Waals surface area (Å²) < 4.78 is 16.9. The summed E-state index contributed by atoms with van der Waals surface area (Å²) in [6, 6.07) is 26.1. The molecule has 8 rings (SSSR count). The molecule has 1 spiro atoms. The SMILES string of the molecule is COCCOC(=O)N1C(=O)[C@@]2(c3cc(C#CC4=CCCCC4)ccc31)[C@H](C(=O)O)[C@H]1C(=O)O[C@H](c3ccccc3)[C@H](c3ccccc3)N1[C@@H]2c1ccc(O)cc1. The maximum Gasteiger partial charge on any atom is 0.421 e. The van der Waals surface area contributed by atoms with Gasteiger partial charge in [-0.05, 0) is 83.8 Å². The molecule has 4 aliphatic rings. The first-order valence-corrected chi connectivity index (χ1v) is 18.7. The van der Waals surface area contributed by atoms with E-state index in [1.54, 1.807) is 35.2 Å². The molecule has 11 nitrogen and oxygen atoms in total. The second kappa shape index (κ2) is 15.1. The van der Waals surface area contributed by atoms with Gasteiger partial charge in [0, 0.05) is 12.7 Å². The number of methoxy groups -OCH3 is 1. The van der Waals surface area contributed by atoms with E-state index >= 15 is 4.79 Å². The Morgan fingerprint density at radius 3 is 2.23 bits per heavy atom. The second-order valence-electron chi connectivity index (χ2n) is 14.4. The van der Waals surface area contributed by atoms with E-state index < -0.39 is 59.5 Å². The van der Waals surface area contributed by atoms with Gasteiger partial charge in [0.05, 0.1) is 24.4 Å². The van der Waals surface area contributed by atoms with Crippen molar-refractivity contribution in [3.63, 3.8) is 0 Å². The van der Waals surface area contributed by atoms with Gasteiger partial charge in [-0.15, -0.1) is 0 Å². The number of ether oxygens (including phenoxy) is 3. The molecule has 6 atom stereocenters. The molecule has 2 N–H and O–H groups in total. The lowest BCUT2D eigenvalue weighted by molar-refractivity contribution is -0.179. The van der Waals surface area contributed by atoms with E-state index in [2.05, 4.69) is 17.9 Å². The van der Waals surface area contributed by atoms with Crippen LogP contribution in [0.15, 0.2) is 115 Å². The highest BCUT2D eigenvalue weighted by Crippen LogP contribution is 2.66. The quantitative estimate of drug-likeness (QED) is 0.118. The molecule has 2 amide bonds. The normalized spacial score (nSPS) is 25.4. The standard InChI is InChI=1S/C45H40N2O9/c1-54-25-26-55-44(53)46-35-24-19-29(18-17-28-11-5-2-6-12-28)27-34(35)45(43(46)52)36(41(49)50)38-42(51)56-39(31-15-9-4-10-16-31)37(30-13-7-3-8-14-30)47(38)40(45)32-20-22-33(48)23-21-32/h3-4,7-11,13-16,19-24,27,36-40,48H,2,5-6,12,25-26H2,1H3,(H,49,50)/t36-,37-,38-,39+,40+,45-/m0/s1. The molecule has 0 aromatic heterocycles. The number of aliphatic carboxylic acids is 1. The van der Waals surface area contributed by atoms with Gasteiger partial charge < -0.3 is 24.4 Å². The number of carbonyl (C=O) groups excluding carboxylic acids is 3. The lowest BCUT2D eigenvalue weighted by atomic mass is 9.65. The van der Waals surface area contributed by atoms with Gasteiger partial charge in [0.2, 0.25) is 5.91 Å². The predicted molar refractivity (Wildman–Crippen MR) is 204 cm³/mol. The number of amides is 2. The first kappa shape index (κ1) is 36.7. The third-order valence-corrected chi connectivity index (χ3v) is 11.3.